The Hall–Kier alpha value is -2.34. The van der Waals surface area contributed by atoms with E-state index in [0.717, 1.165) is 0 Å². The molecule has 5 nitrogen and oxygen atoms in total. The van der Waals surface area contributed by atoms with E-state index in [2.05, 4.69) is 9.97 Å². The summed E-state index contributed by atoms with van der Waals surface area (Å²) in [5, 5.41) is 0. The van der Waals surface area contributed by atoms with Crippen LogP contribution in [0, 0.1) is 0 Å². The highest BCUT2D eigenvalue weighted by atomic mass is 32.2. The van der Waals surface area contributed by atoms with E-state index in [4.69, 9.17) is 5.73 Å². The zero-order valence-corrected chi connectivity index (χ0v) is 10.7. The number of nitrogen functional groups attached to an aromatic ring is 1. The highest BCUT2D eigenvalue weighted by molar-refractivity contribution is 7.91. The van der Waals surface area contributed by atoms with E-state index in [9.17, 15) is 8.42 Å². The highest BCUT2D eigenvalue weighted by Crippen LogP contribution is 2.23. The van der Waals surface area contributed by atoms with E-state index in [1.54, 1.807) is 42.5 Å². The van der Waals surface area contributed by atoms with Crippen LogP contribution < -0.4 is 5.73 Å². The first-order valence-corrected chi connectivity index (χ1v) is 7.11. The summed E-state index contributed by atoms with van der Waals surface area (Å²) in [6.07, 6.45) is 0. The van der Waals surface area contributed by atoms with Crippen molar-refractivity contribution in [2.24, 2.45) is 0 Å². The molecule has 3 aromatic rings. The second-order valence-corrected chi connectivity index (χ2v) is 6.07. The number of rotatable bonds is 2. The molecule has 0 aliphatic rings. The minimum absolute atomic E-state index is 0.217. The number of anilines is 1. The average molecular weight is 273 g/mol. The summed E-state index contributed by atoms with van der Waals surface area (Å²) in [4.78, 5) is 7.34. The van der Waals surface area contributed by atoms with Gasteiger partial charge in [-0.1, -0.05) is 18.2 Å². The van der Waals surface area contributed by atoms with Crippen molar-refractivity contribution < 1.29 is 8.42 Å². The number of nitrogens with one attached hydrogen (secondary N) is 1. The van der Waals surface area contributed by atoms with Gasteiger partial charge in [-0.15, -0.1) is 0 Å². The van der Waals surface area contributed by atoms with E-state index >= 15 is 0 Å². The molecular weight excluding hydrogens is 262 g/mol. The van der Waals surface area contributed by atoms with Crippen LogP contribution in [0.4, 0.5) is 5.95 Å². The van der Waals surface area contributed by atoms with Crippen molar-refractivity contribution >= 4 is 26.8 Å². The first-order chi connectivity index (χ1) is 9.07. The number of fused-ring (bicyclic) bond motifs is 1. The van der Waals surface area contributed by atoms with Crippen molar-refractivity contribution in [2.75, 3.05) is 5.73 Å². The third-order valence-electron chi connectivity index (χ3n) is 2.84. The smallest absolute Gasteiger partial charge is 0.206 e. The number of nitrogens with two attached hydrogens (primary N) is 1. The molecule has 2 aromatic carbocycles. The maximum Gasteiger partial charge on any atom is 0.206 e. The normalized spacial score (nSPS) is 11.8. The minimum Gasteiger partial charge on any atom is -0.369 e. The summed E-state index contributed by atoms with van der Waals surface area (Å²) in [7, 11) is -3.51. The zero-order valence-electron chi connectivity index (χ0n) is 9.87. The predicted octanol–water partition coefficient (Wildman–Crippen LogP) is 1.98. The fraction of sp³-hybridized carbons (Fsp3) is 0. The standard InChI is InChI=1S/C13H11N3O2S/c14-13-15-11-7-6-10(8-12(11)16-13)19(17,18)9-4-2-1-3-5-9/h1-8H,(H3,14,15,16). The number of H-pyrrole nitrogens is 1. The molecule has 1 heterocycles. The number of hydrogen-bond acceptors (Lipinski definition) is 4. The monoisotopic (exact) mass is 273 g/mol. The Balaban J connectivity index is 2.18. The molecule has 0 aliphatic heterocycles. The highest BCUT2D eigenvalue weighted by Gasteiger charge is 2.18. The van der Waals surface area contributed by atoms with Crippen LogP contribution >= 0.6 is 0 Å². The minimum atomic E-state index is -3.51. The van der Waals surface area contributed by atoms with E-state index in [1.165, 1.54) is 6.07 Å². The van der Waals surface area contributed by atoms with E-state index in [0.29, 0.717) is 11.0 Å². The van der Waals surface area contributed by atoms with Gasteiger partial charge in [0.05, 0.1) is 20.8 Å². The molecule has 0 atom stereocenters. The van der Waals surface area contributed by atoms with E-state index in [-0.39, 0.29) is 15.7 Å². The first kappa shape index (κ1) is 11.7. The van der Waals surface area contributed by atoms with Gasteiger partial charge in [0.1, 0.15) is 0 Å². The molecule has 3 rings (SSSR count). The SMILES string of the molecule is Nc1nc2ccc(S(=O)(=O)c3ccccc3)cc2[nH]1. The van der Waals surface area contributed by atoms with Crippen molar-refractivity contribution in [2.45, 2.75) is 9.79 Å². The lowest BCUT2D eigenvalue weighted by molar-refractivity contribution is 0.596. The van der Waals surface area contributed by atoms with Gasteiger partial charge in [0, 0.05) is 0 Å². The summed E-state index contributed by atoms with van der Waals surface area (Å²) in [6, 6.07) is 13.0. The van der Waals surface area contributed by atoms with Crippen LogP contribution in [0.2, 0.25) is 0 Å². The number of sulfone groups is 1. The molecule has 1 aromatic heterocycles. The molecule has 0 spiro atoms. The summed E-state index contributed by atoms with van der Waals surface area (Å²) in [6.45, 7) is 0. The number of aromatic amines is 1. The van der Waals surface area contributed by atoms with Crippen molar-refractivity contribution in [1.82, 2.24) is 9.97 Å². The molecule has 0 amide bonds. The van der Waals surface area contributed by atoms with Crippen LogP contribution in [-0.4, -0.2) is 18.4 Å². The molecule has 0 fully saturated rings. The Morgan fingerprint density at radius 3 is 2.47 bits per heavy atom. The maximum atomic E-state index is 12.4. The maximum absolute atomic E-state index is 12.4. The van der Waals surface area contributed by atoms with Gasteiger partial charge >= 0.3 is 0 Å². The molecule has 6 heteroatoms. The van der Waals surface area contributed by atoms with Crippen LogP contribution in [0.3, 0.4) is 0 Å². The third-order valence-corrected chi connectivity index (χ3v) is 4.60. The predicted molar refractivity (Wildman–Crippen MR) is 72.4 cm³/mol. The zero-order chi connectivity index (χ0) is 13.5. The first-order valence-electron chi connectivity index (χ1n) is 5.63. The Morgan fingerprint density at radius 1 is 1.00 bits per heavy atom. The van der Waals surface area contributed by atoms with Crippen molar-refractivity contribution in [3.05, 3.63) is 48.5 Å². The summed E-state index contributed by atoms with van der Waals surface area (Å²) >= 11 is 0. The average Bonchev–Trinajstić information content (AvgIpc) is 2.78. The molecule has 0 radical (unpaired) electrons. The number of aromatic nitrogens is 2. The topological polar surface area (TPSA) is 88.8 Å². The van der Waals surface area contributed by atoms with Gasteiger partial charge in [0.15, 0.2) is 5.95 Å². The number of hydrogen-bond donors (Lipinski definition) is 2. The molecule has 0 unspecified atom stereocenters. The van der Waals surface area contributed by atoms with Gasteiger partial charge in [0.2, 0.25) is 9.84 Å². The molecule has 19 heavy (non-hydrogen) atoms. The summed E-state index contributed by atoms with van der Waals surface area (Å²) in [5.74, 6) is 0.268. The lowest BCUT2D eigenvalue weighted by Crippen LogP contribution is -2.01. The molecule has 0 saturated carbocycles. The molecule has 0 bridgehead atoms. The van der Waals surface area contributed by atoms with Crippen LogP contribution in [0.15, 0.2) is 58.3 Å². The molecule has 96 valence electrons. The Labute approximate surface area is 110 Å². The van der Waals surface area contributed by atoms with Crippen molar-refractivity contribution in [3.63, 3.8) is 0 Å². The number of benzene rings is 2. The Kier molecular flexibility index (Phi) is 2.53. The van der Waals surface area contributed by atoms with Crippen molar-refractivity contribution in [3.8, 4) is 0 Å². The van der Waals surface area contributed by atoms with Gasteiger partial charge in [-0.05, 0) is 30.3 Å². The molecule has 3 N–H and O–H groups in total. The summed E-state index contributed by atoms with van der Waals surface area (Å²) < 4.78 is 24.8. The van der Waals surface area contributed by atoms with Gasteiger partial charge < -0.3 is 10.7 Å². The number of nitrogens with zero attached hydrogens (tertiary/aromatic N) is 1. The van der Waals surface area contributed by atoms with E-state index in [1.807, 2.05) is 0 Å². The van der Waals surface area contributed by atoms with E-state index < -0.39 is 9.84 Å². The quantitative estimate of drug-likeness (QED) is 0.747. The lowest BCUT2D eigenvalue weighted by Gasteiger charge is -2.04. The molecular formula is C13H11N3O2S. The molecule has 0 aliphatic carbocycles. The Bertz CT molecular complexity index is 839. The van der Waals surface area contributed by atoms with Crippen LogP contribution in [-0.2, 0) is 9.84 Å². The fourth-order valence-corrected chi connectivity index (χ4v) is 3.22. The van der Waals surface area contributed by atoms with Gasteiger partial charge in [-0.2, -0.15) is 0 Å². The number of imidazole rings is 1. The van der Waals surface area contributed by atoms with Crippen LogP contribution in [0.25, 0.3) is 11.0 Å². The lowest BCUT2D eigenvalue weighted by atomic mass is 10.3. The molecule has 0 saturated heterocycles. The second kappa shape index (κ2) is 4.10. The van der Waals surface area contributed by atoms with Gasteiger partial charge in [0.25, 0.3) is 0 Å². The van der Waals surface area contributed by atoms with Crippen LogP contribution in [0.1, 0.15) is 0 Å². The largest absolute Gasteiger partial charge is 0.369 e. The third kappa shape index (κ3) is 1.96. The second-order valence-electron chi connectivity index (χ2n) is 4.12. The Morgan fingerprint density at radius 2 is 1.74 bits per heavy atom. The van der Waals surface area contributed by atoms with Gasteiger partial charge in [-0.25, -0.2) is 13.4 Å². The summed E-state index contributed by atoms with van der Waals surface area (Å²) in [5.41, 5.74) is 6.79. The van der Waals surface area contributed by atoms with Gasteiger partial charge in [-0.3, -0.25) is 0 Å². The fourth-order valence-electron chi connectivity index (χ4n) is 1.91. The van der Waals surface area contributed by atoms with Crippen molar-refractivity contribution in [1.29, 1.82) is 0 Å². The van der Waals surface area contributed by atoms with Crippen LogP contribution in [0.5, 0.6) is 0 Å².